The third-order valence-corrected chi connectivity index (χ3v) is 13.6. The Balaban J connectivity index is 2.78. The fourth-order valence-corrected chi connectivity index (χ4v) is 9.27. The molecule has 0 bridgehead atoms. The maximum atomic E-state index is 14.4. The van der Waals surface area contributed by atoms with Gasteiger partial charge in [0.05, 0.1) is 19.6 Å². The average Bonchev–Trinajstić information content (AvgIpc) is 2.10. The standard InChI is InChI=1S/C40H64N8O32P6/c1-21(2)15-31(40(56)57)47-36(52)28(16-22-6-10-24(11-7-22)78-84(67,68)69)45-35(51)27(5-3-4-14-42-81(58,59)60)43-39(55)32(20-77-83(64,65)66)48-37(53)29(17-23-8-12-25(13-9-23)79-85(70,71)72)46-38(54)30(18-33(49)80-86(73,74)75)44-34(50)26(41)19-76-82(61,62)63/h6-13,21,26-32H,3-5,14-20,41H2,1-2H3,(H,43,55)(H,44,50)(H,45,51)(H,46,54)(H,47,52)(H,48,53)(H,56,57)(H2,61,62,63)(H2,64,65,66)(H2,67,68,69)(H2,70,71,72)(H2,73,74,75)(H3,42,58,59,60)/t26-,27-,28-,29-,30-,31-,32-/m0/s1. The van der Waals surface area contributed by atoms with Gasteiger partial charge in [0, 0.05) is 19.4 Å². The van der Waals surface area contributed by atoms with Crippen molar-refractivity contribution in [1.82, 2.24) is 37.0 Å². The lowest BCUT2D eigenvalue weighted by Crippen LogP contribution is -2.61. The molecule has 7 atom stereocenters. The highest BCUT2D eigenvalue weighted by Crippen LogP contribution is 2.40. The van der Waals surface area contributed by atoms with Gasteiger partial charge < -0.3 is 85.7 Å². The molecule has 0 aliphatic rings. The normalized spacial score (nSPS) is 14.8. The van der Waals surface area contributed by atoms with Gasteiger partial charge in [0.15, 0.2) is 0 Å². The summed E-state index contributed by atoms with van der Waals surface area (Å²) in [5.74, 6) is -13.5. The second-order valence-corrected chi connectivity index (χ2v) is 25.9. The lowest BCUT2D eigenvalue weighted by Gasteiger charge is -2.28. The highest BCUT2D eigenvalue weighted by Gasteiger charge is 2.37. The Morgan fingerprint density at radius 3 is 1.27 bits per heavy atom. The molecule has 46 heteroatoms. The quantitative estimate of drug-likeness (QED) is 0.0224. The summed E-state index contributed by atoms with van der Waals surface area (Å²) in [6.45, 7) is 0.0125. The van der Waals surface area contributed by atoms with Crippen LogP contribution in [0.1, 0.15) is 57.1 Å². The number of nitrogens with two attached hydrogens (primary N) is 1. The van der Waals surface area contributed by atoms with Gasteiger partial charge in [0.1, 0.15) is 53.8 Å². The van der Waals surface area contributed by atoms with E-state index in [1.807, 2.05) is 21.0 Å². The third kappa shape index (κ3) is 33.6. The molecule has 2 aromatic carbocycles. The summed E-state index contributed by atoms with van der Waals surface area (Å²) < 4.78 is 90.7. The van der Waals surface area contributed by atoms with Crippen molar-refractivity contribution in [3.05, 3.63) is 59.7 Å². The summed E-state index contributed by atoms with van der Waals surface area (Å²) in [7, 11) is -31.7. The van der Waals surface area contributed by atoms with Gasteiger partial charge in [-0.2, -0.15) is 0 Å². The summed E-state index contributed by atoms with van der Waals surface area (Å²) in [4.78, 5) is 220. The van der Waals surface area contributed by atoms with Crippen LogP contribution >= 0.6 is 46.9 Å². The van der Waals surface area contributed by atoms with Gasteiger partial charge in [-0.1, -0.05) is 38.1 Å². The second kappa shape index (κ2) is 33.8. The predicted octanol–water partition coefficient (Wildman–Crippen LogP) is -4.12. The summed E-state index contributed by atoms with van der Waals surface area (Å²) >= 11 is 0. The molecule has 86 heavy (non-hydrogen) atoms. The smallest absolute Gasteiger partial charge is 0.480 e. The van der Waals surface area contributed by atoms with Crippen molar-refractivity contribution in [2.75, 3.05) is 19.8 Å². The number of hydrogen-bond donors (Lipinski definition) is 21. The van der Waals surface area contributed by atoms with E-state index in [0.29, 0.717) is 0 Å². The number of benzene rings is 2. The van der Waals surface area contributed by atoms with Gasteiger partial charge in [-0.25, -0.2) is 37.3 Å². The average molecular weight is 1350 g/mol. The number of unbranched alkanes of at least 4 members (excludes halogenated alkanes) is 1. The van der Waals surface area contributed by atoms with Crippen molar-refractivity contribution in [3.63, 3.8) is 0 Å². The molecule has 0 heterocycles. The minimum absolute atomic E-state index is 0.0954. The van der Waals surface area contributed by atoms with Crippen LogP contribution in [0.3, 0.4) is 0 Å². The Hall–Kier alpha value is -5.46. The molecule has 2 rings (SSSR count). The first-order valence-electron chi connectivity index (χ1n) is 24.2. The van der Waals surface area contributed by atoms with Crippen molar-refractivity contribution < 1.29 is 152 Å². The van der Waals surface area contributed by atoms with E-state index in [0.717, 1.165) is 36.4 Å². The van der Waals surface area contributed by atoms with Gasteiger partial charge in [-0.15, -0.1) is 0 Å². The van der Waals surface area contributed by atoms with Gasteiger partial charge in [-0.3, -0.25) is 72.0 Å². The van der Waals surface area contributed by atoms with E-state index in [1.165, 1.54) is 12.1 Å². The lowest BCUT2D eigenvalue weighted by molar-refractivity contribution is -0.143. The molecule has 22 N–H and O–H groups in total. The van der Waals surface area contributed by atoms with E-state index in [2.05, 4.69) is 38.6 Å². The molecule has 0 radical (unpaired) electrons. The first-order chi connectivity index (χ1) is 39.3. The SMILES string of the molecule is CC(C)C[C@H](NC(=O)[C@H](Cc1ccc(OP(=O)(O)O)cc1)NC(=O)[C@H](CCCCNP(=O)(O)O)NC(=O)[C@H](COP(=O)(O)O)NC(=O)[C@H](Cc1ccc(OP(=O)(O)O)cc1)NC(=O)[C@H](CC(=O)OP(=O)(O)O)NC(=O)[C@@H](N)COP(=O)(O)O)C(=O)O. The highest BCUT2D eigenvalue weighted by molar-refractivity contribution is 7.49. The van der Waals surface area contributed by atoms with Gasteiger partial charge in [0.2, 0.25) is 35.4 Å². The number of carboxylic acid groups (broad SMARTS) is 1. The second-order valence-electron chi connectivity index (χ2n) is 18.5. The van der Waals surface area contributed by atoms with Crippen LogP contribution in [0.5, 0.6) is 11.5 Å². The number of carboxylic acids is 1. The fraction of sp³-hybridized carbons (Fsp3) is 0.500. The van der Waals surface area contributed by atoms with Gasteiger partial charge >= 0.3 is 58.8 Å². The van der Waals surface area contributed by atoms with Crippen molar-refractivity contribution >= 4 is 94.2 Å². The first kappa shape index (κ1) is 76.6. The van der Waals surface area contributed by atoms with Crippen molar-refractivity contribution in [2.24, 2.45) is 11.7 Å². The summed E-state index contributed by atoms with van der Waals surface area (Å²) in [6, 6.07) is -6.03. The molecule has 0 fully saturated rings. The maximum absolute atomic E-state index is 14.4. The largest absolute Gasteiger partial charge is 0.526 e. The molecule has 40 nitrogen and oxygen atoms in total. The van der Waals surface area contributed by atoms with Crippen LogP contribution in [-0.2, 0) is 92.2 Å². The van der Waals surface area contributed by atoms with Crippen LogP contribution in [0.4, 0.5) is 0 Å². The number of nitrogens with one attached hydrogen (secondary N) is 7. The van der Waals surface area contributed by atoms with Crippen LogP contribution in [0.15, 0.2) is 48.5 Å². The molecule has 0 aromatic heterocycles. The van der Waals surface area contributed by atoms with Crippen LogP contribution in [-0.4, -0.2) is 173 Å². The molecule has 0 unspecified atom stereocenters. The number of phosphoric acid groups is 5. The minimum Gasteiger partial charge on any atom is -0.480 e. The monoisotopic (exact) mass is 1350 g/mol. The van der Waals surface area contributed by atoms with Crippen LogP contribution in [0.2, 0.25) is 0 Å². The number of carbonyl (C=O) groups excluding carboxylic acids is 7. The molecule has 486 valence electrons. The topological polar surface area (TPSA) is 658 Å². The molecule has 0 saturated heterocycles. The van der Waals surface area contributed by atoms with Crippen molar-refractivity contribution in [3.8, 4) is 11.5 Å². The number of aliphatic carboxylic acids is 1. The summed E-state index contributed by atoms with van der Waals surface area (Å²) in [5, 5.41) is 24.4. The van der Waals surface area contributed by atoms with E-state index >= 15 is 0 Å². The van der Waals surface area contributed by atoms with Crippen molar-refractivity contribution in [2.45, 2.75) is 101 Å². The highest BCUT2D eigenvalue weighted by atomic mass is 31.2. The molecule has 0 aliphatic heterocycles. The van der Waals surface area contributed by atoms with E-state index < -0.39 is 188 Å². The molecule has 0 saturated carbocycles. The molecule has 6 amide bonds. The number of rotatable bonds is 38. The third-order valence-electron chi connectivity index (χ3n) is 10.7. The zero-order valence-electron chi connectivity index (χ0n) is 44.6. The molecular weight excluding hydrogens is 1290 g/mol. The Bertz CT molecular complexity index is 2980. The zero-order valence-corrected chi connectivity index (χ0v) is 50.0. The maximum Gasteiger partial charge on any atom is 0.526 e. The zero-order chi connectivity index (χ0) is 65.8. The van der Waals surface area contributed by atoms with E-state index in [1.54, 1.807) is 13.8 Å². The van der Waals surface area contributed by atoms with Crippen LogP contribution < -0.4 is 51.8 Å². The molecule has 0 aliphatic carbocycles. The number of amides is 6. The van der Waals surface area contributed by atoms with Gasteiger partial charge in [0.25, 0.3) is 0 Å². The van der Waals surface area contributed by atoms with Gasteiger partial charge in [-0.05, 0) is 67.0 Å². The lowest BCUT2D eigenvalue weighted by atomic mass is 10.0. The fourth-order valence-electron chi connectivity index (χ4n) is 6.99. The Kier molecular flexibility index (Phi) is 30.1. The van der Waals surface area contributed by atoms with E-state index in [9.17, 15) is 120 Å². The van der Waals surface area contributed by atoms with E-state index in [4.69, 9.17) is 15.5 Å². The molecular formula is C40H64N8O32P6. The van der Waals surface area contributed by atoms with Crippen molar-refractivity contribution in [1.29, 1.82) is 0 Å². The first-order valence-corrected chi connectivity index (χ1v) is 33.5. The number of phosphoric ester groups is 5. The number of carbonyl (C=O) groups is 8. The predicted molar refractivity (Wildman–Crippen MR) is 285 cm³/mol. The van der Waals surface area contributed by atoms with E-state index in [-0.39, 0.29) is 42.1 Å². The molecule has 0 spiro atoms. The van der Waals surface area contributed by atoms with Crippen LogP contribution in [0.25, 0.3) is 0 Å². The molecule has 2 aromatic rings. The Morgan fingerprint density at radius 2 is 0.860 bits per heavy atom. The summed E-state index contributed by atoms with van der Waals surface area (Å²) in [6.07, 6.45) is -4.04. The Morgan fingerprint density at radius 1 is 0.477 bits per heavy atom. The van der Waals surface area contributed by atoms with Crippen LogP contribution in [0, 0.1) is 5.92 Å². The minimum atomic E-state index is -5.69. The Labute approximate surface area is 485 Å². The summed E-state index contributed by atoms with van der Waals surface area (Å²) in [5.41, 5.74) is 5.62. The number of hydrogen-bond acceptors (Lipinski definition) is 20.